The number of amides is 4. The van der Waals surface area contributed by atoms with Gasteiger partial charge in [-0.05, 0) is 24.3 Å². The molecule has 2 aliphatic heterocycles. The minimum absolute atomic E-state index is 0.0245. The second-order valence-corrected chi connectivity index (χ2v) is 6.99. The third kappa shape index (κ3) is 3.12. The molecule has 0 N–H and O–H groups in total. The van der Waals surface area contributed by atoms with Gasteiger partial charge >= 0.3 is 0 Å². The van der Waals surface area contributed by atoms with Crippen LogP contribution in [0.3, 0.4) is 0 Å². The van der Waals surface area contributed by atoms with Crippen LogP contribution in [0.4, 0.5) is 0 Å². The maximum atomic E-state index is 12.9. The van der Waals surface area contributed by atoms with Crippen LogP contribution in [-0.4, -0.2) is 64.2 Å². The number of carbonyl (C=O) groups is 7. The van der Waals surface area contributed by atoms with E-state index in [1.807, 2.05) is 0 Å². The van der Waals surface area contributed by atoms with Gasteiger partial charge in [0.15, 0.2) is 5.78 Å². The second kappa shape index (κ2) is 7.23. The van der Waals surface area contributed by atoms with E-state index < -0.39 is 54.4 Å². The Morgan fingerprint density at radius 1 is 0.594 bits per heavy atom. The number of ketones is 1. The van der Waals surface area contributed by atoms with Gasteiger partial charge in [0, 0.05) is 11.1 Å². The molecule has 11 nitrogen and oxygen atoms in total. The van der Waals surface area contributed by atoms with Crippen LogP contribution >= 0.6 is 0 Å². The number of carbonyl (C=O) groups excluding carboxylic acids is 7. The van der Waals surface area contributed by atoms with Crippen LogP contribution in [0.25, 0.3) is 0 Å². The molecule has 0 fully saturated rings. The topological polar surface area (TPSA) is 172 Å². The zero-order chi connectivity index (χ0) is 23.3. The Hall–Kier alpha value is -4.67. The van der Waals surface area contributed by atoms with Crippen molar-refractivity contribution < 1.29 is 43.8 Å². The summed E-state index contributed by atoms with van der Waals surface area (Å²) < 4.78 is 0. The van der Waals surface area contributed by atoms with E-state index in [-0.39, 0.29) is 33.4 Å². The van der Waals surface area contributed by atoms with Crippen LogP contribution in [-0.2, 0) is 9.59 Å². The van der Waals surface area contributed by atoms with Gasteiger partial charge in [-0.1, -0.05) is 12.1 Å². The van der Waals surface area contributed by atoms with Crippen molar-refractivity contribution in [3.63, 3.8) is 0 Å². The maximum absolute atomic E-state index is 12.9. The largest absolute Gasteiger partial charge is 0.548 e. The Kier molecular flexibility index (Phi) is 4.66. The molecule has 0 atom stereocenters. The standard InChI is InChI=1S/C21H12N2O9/c24-15(25)7-22-18(29)11-3-1-9(5-13(11)20(22)31)17(28)10-2-4-12-14(6-10)21(32)23(19(12)30)8-16(26)27/h1-6H,7-8H2,(H,24,25)(H,26,27)/p-2. The normalized spacial score (nSPS) is 14.6. The molecule has 32 heavy (non-hydrogen) atoms. The SMILES string of the molecule is O=C([O-])CN1C(=O)c2ccc(C(=O)c3ccc4c(c3)C(=O)N(CC(=O)[O-])C4=O)cc2C1=O. The highest BCUT2D eigenvalue weighted by molar-refractivity contribution is 6.25. The van der Waals surface area contributed by atoms with Gasteiger partial charge in [-0.2, -0.15) is 0 Å². The van der Waals surface area contributed by atoms with Gasteiger partial charge in [-0.15, -0.1) is 0 Å². The summed E-state index contributed by atoms with van der Waals surface area (Å²) in [5, 5.41) is 21.6. The summed E-state index contributed by atoms with van der Waals surface area (Å²) in [6.07, 6.45) is 0. The number of imide groups is 2. The molecule has 0 radical (unpaired) electrons. The van der Waals surface area contributed by atoms with Crippen LogP contribution in [0.15, 0.2) is 36.4 Å². The summed E-state index contributed by atoms with van der Waals surface area (Å²) in [5.74, 6) is -7.34. The first kappa shape index (κ1) is 20.6. The number of carboxylic acid groups (broad SMARTS) is 2. The molecule has 2 aromatic carbocycles. The molecular weight excluding hydrogens is 424 g/mol. The fourth-order valence-corrected chi connectivity index (χ4v) is 3.58. The Morgan fingerprint density at radius 3 is 1.28 bits per heavy atom. The maximum Gasteiger partial charge on any atom is 0.261 e. The number of aliphatic carboxylic acids is 2. The predicted octanol–water partition coefficient (Wildman–Crippen LogP) is -2.39. The summed E-state index contributed by atoms with van der Waals surface area (Å²) in [6.45, 7) is -1.86. The number of rotatable bonds is 6. The summed E-state index contributed by atoms with van der Waals surface area (Å²) in [7, 11) is 0. The first-order valence-electron chi connectivity index (χ1n) is 9.05. The first-order chi connectivity index (χ1) is 15.1. The third-order valence-electron chi connectivity index (χ3n) is 5.04. The molecule has 2 aromatic rings. The van der Waals surface area contributed by atoms with E-state index in [1.165, 1.54) is 24.3 Å². The lowest BCUT2D eigenvalue weighted by atomic mass is 9.96. The number of nitrogens with zero attached hydrogens (tertiary/aromatic N) is 2. The van der Waals surface area contributed by atoms with Crippen molar-refractivity contribution >= 4 is 41.4 Å². The number of fused-ring (bicyclic) bond motifs is 2. The molecule has 0 aromatic heterocycles. The van der Waals surface area contributed by atoms with Gasteiger partial charge in [0.25, 0.3) is 23.6 Å². The predicted molar refractivity (Wildman–Crippen MR) is 97.1 cm³/mol. The minimum atomic E-state index is -1.62. The average Bonchev–Trinajstić information content (AvgIpc) is 3.12. The second-order valence-electron chi connectivity index (χ2n) is 6.99. The summed E-state index contributed by atoms with van der Waals surface area (Å²) in [5.41, 5.74) is -0.503. The Labute approximate surface area is 178 Å². The Balaban J connectivity index is 1.66. The van der Waals surface area contributed by atoms with E-state index in [4.69, 9.17) is 0 Å². The molecule has 0 spiro atoms. The van der Waals surface area contributed by atoms with Gasteiger partial charge in [0.05, 0.1) is 47.3 Å². The van der Waals surface area contributed by atoms with Crippen LogP contribution in [0.2, 0.25) is 0 Å². The van der Waals surface area contributed by atoms with Crippen LogP contribution in [0.1, 0.15) is 57.4 Å². The minimum Gasteiger partial charge on any atom is -0.548 e. The highest BCUT2D eigenvalue weighted by Crippen LogP contribution is 2.27. The molecule has 0 saturated heterocycles. The summed E-state index contributed by atoms with van der Waals surface area (Å²) in [4.78, 5) is 84.6. The lowest BCUT2D eigenvalue weighted by Crippen LogP contribution is -2.41. The van der Waals surface area contributed by atoms with Crippen molar-refractivity contribution in [1.29, 1.82) is 0 Å². The molecule has 2 heterocycles. The highest BCUT2D eigenvalue weighted by Gasteiger charge is 2.37. The van der Waals surface area contributed by atoms with E-state index in [2.05, 4.69) is 0 Å². The molecular formula is C21H10N2O9-2. The number of carboxylic acids is 2. The van der Waals surface area contributed by atoms with Gasteiger partial charge in [0.1, 0.15) is 0 Å². The molecule has 0 saturated carbocycles. The molecule has 0 bridgehead atoms. The molecule has 0 unspecified atom stereocenters. The molecule has 160 valence electrons. The Morgan fingerprint density at radius 2 is 0.938 bits per heavy atom. The summed E-state index contributed by atoms with van der Waals surface area (Å²) in [6, 6.07) is 7.21. The molecule has 11 heteroatoms. The molecule has 4 amide bonds. The van der Waals surface area contributed by atoms with Crippen molar-refractivity contribution in [2.45, 2.75) is 0 Å². The van der Waals surface area contributed by atoms with E-state index >= 15 is 0 Å². The van der Waals surface area contributed by atoms with Gasteiger partial charge in [-0.3, -0.25) is 33.8 Å². The molecule has 4 rings (SSSR count). The van der Waals surface area contributed by atoms with Crippen LogP contribution < -0.4 is 10.2 Å². The lowest BCUT2D eigenvalue weighted by Gasteiger charge is -2.13. The van der Waals surface area contributed by atoms with Crippen LogP contribution in [0.5, 0.6) is 0 Å². The number of hydrogen-bond donors (Lipinski definition) is 0. The quantitative estimate of drug-likeness (QED) is 0.355. The Bertz CT molecular complexity index is 1200. The van der Waals surface area contributed by atoms with Crippen molar-refractivity contribution in [2.24, 2.45) is 0 Å². The van der Waals surface area contributed by atoms with Crippen molar-refractivity contribution in [2.75, 3.05) is 13.1 Å². The zero-order valence-corrected chi connectivity index (χ0v) is 15.9. The van der Waals surface area contributed by atoms with Gasteiger partial charge in [0.2, 0.25) is 0 Å². The van der Waals surface area contributed by atoms with Crippen molar-refractivity contribution in [1.82, 2.24) is 9.80 Å². The fourth-order valence-electron chi connectivity index (χ4n) is 3.58. The van der Waals surface area contributed by atoms with E-state index in [9.17, 15) is 43.8 Å². The van der Waals surface area contributed by atoms with Crippen molar-refractivity contribution in [3.8, 4) is 0 Å². The monoisotopic (exact) mass is 434 g/mol. The summed E-state index contributed by atoms with van der Waals surface area (Å²) >= 11 is 0. The van der Waals surface area contributed by atoms with E-state index in [0.29, 0.717) is 9.80 Å². The number of hydrogen-bond acceptors (Lipinski definition) is 9. The lowest BCUT2D eigenvalue weighted by molar-refractivity contribution is -0.306. The fraction of sp³-hybridized carbons (Fsp3) is 0.0952. The highest BCUT2D eigenvalue weighted by atomic mass is 16.4. The number of benzene rings is 2. The van der Waals surface area contributed by atoms with Crippen molar-refractivity contribution in [3.05, 3.63) is 69.8 Å². The smallest absolute Gasteiger partial charge is 0.261 e. The van der Waals surface area contributed by atoms with E-state index in [0.717, 1.165) is 12.1 Å². The van der Waals surface area contributed by atoms with Crippen LogP contribution in [0, 0.1) is 0 Å². The molecule has 2 aliphatic rings. The molecule has 0 aliphatic carbocycles. The van der Waals surface area contributed by atoms with Gasteiger partial charge in [-0.25, -0.2) is 0 Å². The first-order valence-corrected chi connectivity index (χ1v) is 9.05. The zero-order valence-electron chi connectivity index (χ0n) is 15.9. The van der Waals surface area contributed by atoms with Gasteiger partial charge < -0.3 is 19.8 Å². The third-order valence-corrected chi connectivity index (χ3v) is 5.04. The average molecular weight is 434 g/mol. The van der Waals surface area contributed by atoms with E-state index in [1.54, 1.807) is 0 Å².